The molecule has 5 nitrogen and oxygen atoms in total. The number of aromatic nitrogens is 3. The minimum atomic E-state index is 0.374. The molecule has 0 atom stereocenters. The third-order valence-electron chi connectivity index (χ3n) is 2.42. The van der Waals surface area contributed by atoms with Gasteiger partial charge in [0.2, 0.25) is 0 Å². The van der Waals surface area contributed by atoms with E-state index in [0.29, 0.717) is 11.6 Å². The molecule has 0 spiro atoms. The number of nitrogen functional groups attached to an aromatic ring is 1. The first-order valence-electron chi connectivity index (χ1n) is 4.92. The maximum atomic E-state index is 5.53. The van der Waals surface area contributed by atoms with Crippen molar-refractivity contribution in [3.63, 3.8) is 0 Å². The number of nitrogens with two attached hydrogens (primary N) is 1. The third kappa shape index (κ3) is 1.25. The highest BCUT2D eigenvalue weighted by atomic mass is 16.5. The Morgan fingerprint density at radius 1 is 1.38 bits per heavy atom. The van der Waals surface area contributed by atoms with Crippen molar-refractivity contribution in [3.8, 4) is 11.3 Å². The number of hydrogen-bond acceptors (Lipinski definition) is 4. The van der Waals surface area contributed by atoms with Gasteiger partial charge in [0.1, 0.15) is 5.82 Å². The summed E-state index contributed by atoms with van der Waals surface area (Å²) in [5.74, 6) is 1.88. The average Bonchev–Trinajstić information content (AvgIpc) is 2.82. The predicted octanol–water partition coefficient (Wildman–Crippen LogP) is 2.11. The van der Waals surface area contributed by atoms with Crippen molar-refractivity contribution in [1.82, 2.24) is 15.1 Å². The quantitative estimate of drug-likeness (QED) is 0.650. The first-order chi connectivity index (χ1) is 7.74. The summed E-state index contributed by atoms with van der Waals surface area (Å²) in [5, 5.41) is 3.67. The van der Waals surface area contributed by atoms with E-state index in [2.05, 4.69) is 15.1 Å². The SMILES string of the molecule is Cc1nc2c(-c3cc(N)no3)cccc2[nH]1. The number of rotatable bonds is 1. The van der Waals surface area contributed by atoms with Crippen LogP contribution in [0.3, 0.4) is 0 Å². The number of hydrogen-bond donors (Lipinski definition) is 2. The van der Waals surface area contributed by atoms with Gasteiger partial charge in [0.05, 0.1) is 11.0 Å². The molecule has 0 fully saturated rings. The molecular weight excluding hydrogens is 204 g/mol. The van der Waals surface area contributed by atoms with E-state index in [0.717, 1.165) is 22.4 Å². The largest absolute Gasteiger partial charge is 0.381 e. The minimum absolute atomic E-state index is 0.374. The molecule has 0 aliphatic rings. The lowest BCUT2D eigenvalue weighted by molar-refractivity contribution is 0.436. The molecule has 0 aliphatic heterocycles. The topological polar surface area (TPSA) is 80.7 Å². The maximum Gasteiger partial charge on any atom is 0.171 e. The number of H-pyrrole nitrogens is 1. The zero-order valence-electron chi connectivity index (χ0n) is 8.69. The monoisotopic (exact) mass is 214 g/mol. The van der Waals surface area contributed by atoms with Crippen LogP contribution in [0.4, 0.5) is 5.82 Å². The fraction of sp³-hybridized carbons (Fsp3) is 0.0909. The van der Waals surface area contributed by atoms with Gasteiger partial charge >= 0.3 is 0 Å². The van der Waals surface area contributed by atoms with E-state index < -0.39 is 0 Å². The molecule has 0 unspecified atom stereocenters. The van der Waals surface area contributed by atoms with Crippen molar-refractivity contribution in [3.05, 3.63) is 30.1 Å². The van der Waals surface area contributed by atoms with Crippen LogP contribution < -0.4 is 5.73 Å². The first kappa shape index (κ1) is 8.96. The van der Waals surface area contributed by atoms with Gasteiger partial charge in [-0.2, -0.15) is 0 Å². The summed E-state index contributed by atoms with van der Waals surface area (Å²) >= 11 is 0. The highest BCUT2D eigenvalue weighted by molar-refractivity contribution is 5.90. The van der Waals surface area contributed by atoms with Crippen LogP contribution in [-0.4, -0.2) is 15.1 Å². The zero-order chi connectivity index (χ0) is 11.1. The van der Waals surface area contributed by atoms with Crippen LogP contribution in [0, 0.1) is 6.92 Å². The van der Waals surface area contributed by atoms with E-state index in [4.69, 9.17) is 10.3 Å². The normalized spacial score (nSPS) is 11.1. The van der Waals surface area contributed by atoms with E-state index in [-0.39, 0.29) is 0 Å². The Balaban J connectivity index is 2.30. The van der Waals surface area contributed by atoms with Crippen LogP contribution in [0.2, 0.25) is 0 Å². The number of anilines is 1. The van der Waals surface area contributed by atoms with Crippen molar-refractivity contribution in [2.24, 2.45) is 0 Å². The van der Waals surface area contributed by atoms with Gasteiger partial charge in [0.15, 0.2) is 11.6 Å². The van der Waals surface area contributed by atoms with Crippen molar-refractivity contribution in [1.29, 1.82) is 0 Å². The Kier molecular flexibility index (Phi) is 1.73. The molecule has 5 heteroatoms. The standard InChI is InChI=1S/C11H10N4O/c1-6-13-8-4-2-3-7(11(8)14-6)9-5-10(12)15-16-9/h2-5H,1H3,(H2,12,15)(H,13,14). The molecule has 80 valence electrons. The molecule has 0 radical (unpaired) electrons. The molecule has 0 amide bonds. The zero-order valence-corrected chi connectivity index (χ0v) is 8.69. The first-order valence-corrected chi connectivity index (χ1v) is 4.92. The molecule has 3 aromatic rings. The summed E-state index contributed by atoms with van der Waals surface area (Å²) in [6, 6.07) is 7.54. The van der Waals surface area contributed by atoms with Crippen molar-refractivity contribution >= 4 is 16.9 Å². The highest BCUT2D eigenvalue weighted by Gasteiger charge is 2.11. The molecule has 1 aromatic carbocycles. The lowest BCUT2D eigenvalue weighted by Crippen LogP contribution is -1.80. The molecule has 0 saturated heterocycles. The summed E-state index contributed by atoms with van der Waals surface area (Å²) in [7, 11) is 0. The van der Waals surface area contributed by atoms with Gasteiger partial charge in [-0.25, -0.2) is 4.98 Å². The minimum Gasteiger partial charge on any atom is -0.381 e. The van der Waals surface area contributed by atoms with Crippen LogP contribution in [-0.2, 0) is 0 Å². The summed E-state index contributed by atoms with van der Waals surface area (Å²) < 4.78 is 5.14. The molecular formula is C11H10N4O. The van der Waals surface area contributed by atoms with Crippen LogP contribution in [0.5, 0.6) is 0 Å². The fourth-order valence-corrected chi connectivity index (χ4v) is 1.77. The Labute approximate surface area is 91.3 Å². The highest BCUT2D eigenvalue weighted by Crippen LogP contribution is 2.27. The maximum absolute atomic E-state index is 5.53. The summed E-state index contributed by atoms with van der Waals surface area (Å²) in [4.78, 5) is 7.59. The number of aryl methyl sites for hydroxylation is 1. The van der Waals surface area contributed by atoms with E-state index in [1.165, 1.54) is 0 Å². The Hall–Kier alpha value is -2.30. The molecule has 3 N–H and O–H groups in total. The Bertz CT molecular complexity index is 653. The molecule has 0 aliphatic carbocycles. The van der Waals surface area contributed by atoms with E-state index in [9.17, 15) is 0 Å². The second-order valence-corrected chi connectivity index (χ2v) is 3.64. The number of benzene rings is 1. The van der Waals surface area contributed by atoms with Gasteiger partial charge in [0.25, 0.3) is 0 Å². The number of aromatic amines is 1. The average molecular weight is 214 g/mol. The van der Waals surface area contributed by atoms with Gasteiger partial charge in [-0.05, 0) is 19.1 Å². The third-order valence-corrected chi connectivity index (χ3v) is 2.42. The number of imidazole rings is 1. The van der Waals surface area contributed by atoms with Gasteiger partial charge < -0.3 is 15.2 Å². The van der Waals surface area contributed by atoms with Crippen molar-refractivity contribution < 1.29 is 4.52 Å². The smallest absolute Gasteiger partial charge is 0.171 e. The van der Waals surface area contributed by atoms with E-state index >= 15 is 0 Å². The molecule has 2 aromatic heterocycles. The molecule has 3 rings (SSSR count). The van der Waals surface area contributed by atoms with Crippen LogP contribution in [0.1, 0.15) is 5.82 Å². The summed E-state index contributed by atoms with van der Waals surface area (Å²) in [6.07, 6.45) is 0. The predicted molar refractivity (Wildman–Crippen MR) is 60.7 cm³/mol. The van der Waals surface area contributed by atoms with E-state index in [1.807, 2.05) is 25.1 Å². The van der Waals surface area contributed by atoms with Crippen molar-refractivity contribution in [2.75, 3.05) is 5.73 Å². The van der Waals surface area contributed by atoms with Gasteiger partial charge in [-0.3, -0.25) is 0 Å². The lowest BCUT2D eigenvalue weighted by atomic mass is 10.1. The molecule has 0 saturated carbocycles. The van der Waals surface area contributed by atoms with Gasteiger partial charge in [0, 0.05) is 11.6 Å². The lowest BCUT2D eigenvalue weighted by Gasteiger charge is -1.95. The summed E-state index contributed by atoms with van der Waals surface area (Å²) in [6.45, 7) is 1.92. The number of fused-ring (bicyclic) bond motifs is 1. The second kappa shape index (κ2) is 3.10. The number of nitrogens with zero attached hydrogens (tertiary/aromatic N) is 2. The Morgan fingerprint density at radius 3 is 3.00 bits per heavy atom. The summed E-state index contributed by atoms with van der Waals surface area (Å²) in [5.41, 5.74) is 8.27. The van der Waals surface area contributed by atoms with E-state index in [1.54, 1.807) is 6.07 Å². The molecule has 2 heterocycles. The number of para-hydroxylation sites is 1. The fourth-order valence-electron chi connectivity index (χ4n) is 1.77. The Morgan fingerprint density at radius 2 is 2.25 bits per heavy atom. The number of nitrogens with one attached hydrogen (secondary N) is 1. The van der Waals surface area contributed by atoms with Crippen molar-refractivity contribution in [2.45, 2.75) is 6.92 Å². The van der Waals surface area contributed by atoms with Gasteiger partial charge in [-0.15, -0.1) is 0 Å². The molecule has 16 heavy (non-hydrogen) atoms. The second-order valence-electron chi connectivity index (χ2n) is 3.64. The van der Waals surface area contributed by atoms with Crippen LogP contribution in [0.15, 0.2) is 28.8 Å². The molecule has 0 bridgehead atoms. The van der Waals surface area contributed by atoms with Gasteiger partial charge in [-0.1, -0.05) is 11.2 Å². The van der Waals surface area contributed by atoms with Crippen LogP contribution in [0.25, 0.3) is 22.4 Å². The van der Waals surface area contributed by atoms with Crippen LogP contribution >= 0.6 is 0 Å².